The Morgan fingerprint density at radius 2 is 1.12 bits per heavy atom. The van der Waals surface area contributed by atoms with Crippen molar-refractivity contribution < 1.29 is 0 Å². The first-order valence-corrected chi connectivity index (χ1v) is 2.21. The predicted octanol–water partition coefficient (Wildman–Crippen LogP) is 0.661. The van der Waals surface area contributed by atoms with Gasteiger partial charge in [-0.25, -0.2) is 0 Å². The maximum atomic E-state index is 3.01. The van der Waals surface area contributed by atoms with E-state index in [-0.39, 0.29) is 48.0 Å². The zero-order valence-corrected chi connectivity index (χ0v) is 9.89. The van der Waals surface area contributed by atoms with Crippen molar-refractivity contribution in [3.05, 3.63) is 0 Å². The summed E-state index contributed by atoms with van der Waals surface area (Å²) >= 11 is 0. The summed E-state index contributed by atoms with van der Waals surface area (Å²) in [6.07, 6.45) is 0. The molecule has 0 heterocycles. The van der Waals surface area contributed by atoms with Crippen LogP contribution < -0.4 is 10.6 Å². The van der Waals surface area contributed by atoms with E-state index < -0.39 is 0 Å². The van der Waals surface area contributed by atoms with Gasteiger partial charge in [0.15, 0.2) is 0 Å². The van der Waals surface area contributed by atoms with Gasteiger partial charge in [-0.2, -0.15) is 0 Å². The van der Waals surface area contributed by atoms with Gasteiger partial charge in [0, 0.05) is 13.1 Å². The molecule has 0 fully saturated rings. The van der Waals surface area contributed by atoms with Crippen LogP contribution in [0, 0.1) is 0 Å². The van der Waals surface area contributed by atoms with Crippen molar-refractivity contribution in [3.63, 3.8) is 0 Å². The first-order valence-electron chi connectivity index (χ1n) is 2.21. The zero-order chi connectivity index (χ0) is 4.83. The van der Waals surface area contributed by atoms with Crippen LogP contribution in [-0.2, 0) is 0 Å². The van der Waals surface area contributed by atoms with Gasteiger partial charge in [0.25, 0.3) is 0 Å². The molecular weight excluding hydrogens is 330 g/mol. The Morgan fingerprint density at radius 1 is 0.875 bits per heavy atom. The van der Waals surface area contributed by atoms with Gasteiger partial charge in [-0.15, -0.1) is 48.0 Å². The van der Waals surface area contributed by atoms with Gasteiger partial charge in [-0.3, -0.25) is 0 Å². The molecule has 8 heavy (non-hydrogen) atoms. The van der Waals surface area contributed by atoms with Crippen molar-refractivity contribution in [1.29, 1.82) is 0 Å². The highest BCUT2D eigenvalue weighted by molar-refractivity contribution is 14.0. The van der Waals surface area contributed by atoms with Crippen molar-refractivity contribution in [1.82, 2.24) is 10.6 Å². The normalized spacial score (nSPS) is 6.75. The summed E-state index contributed by atoms with van der Waals surface area (Å²) in [6, 6.07) is 0. The number of nitrogens with one attached hydrogen (secondary N) is 2. The van der Waals surface area contributed by atoms with Gasteiger partial charge in [-0.05, 0) is 14.1 Å². The molecule has 0 radical (unpaired) electrons. The van der Waals surface area contributed by atoms with Crippen molar-refractivity contribution >= 4 is 48.0 Å². The largest absolute Gasteiger partial charge is 0.318 e. The Hall–Kier alpha value is 1.38. The van der Waals surface area contributed by atoms with Crippen LogP contribution >= 0.6 is 48.0 Å². The number of likely N-dealkylation sites (N-methyl/N-ethyl adjacent to an activating group) is 2. The SMILES string of the molecule is CNCCNC.I.I. The quantitative estimate of drug-likeness (QED) is 0.581. The van der Waals surface area contributed by atoms with Gasteiger partial charge in [-0.1, -0.05) is 0 Å². The lowest BCUT2D eigenvalue weighted by Gasteiger charge is -1.92. The van der Waals surface area contributed by atoms with E-state index in [4.69, 9.17) is 0 Å². The molecule has 0 spiro atoms. The van der Waals surface area contributed by atoms with Crippen LogP contribution in [0.4, 0.5) is 0 Å². The van der Waals surface area contributed by atoms with Gasteiger partial charge in [0.2, 0.25) is 0 Å². The molecule has 0 saturated carbocycles. The second-order valence-corrected chi connectivity index (χ2v) is 1.21. The lowest BCUT2D eigenvalue weighted by molar-refractivity contribution is 0.718. The second kappa shape index (κ2) is 15.8. The Morgan fingerprint density at radius 3 is 1.25 bits per heavy atom. The molecule has 0 unspecified atom stereocenters. The first-order chi connectivity index (χ1) is 2.91. The van der Waals surface area contributed by atoms with Gasteiger partial charge in [0.1, 0.15) is 0 Å². The third-order valence-electron chi connectivity index (χ3n) is 0.625. The molecule has 0 amide bonds. The fourth-order valence-corrected chi connectivity index (χ4v) is 0.250. The molecule has 0 aromatic rings. The average molecular weight is 344 g/mol. The summed E-state index contributed by atoms with van der Waals surface area (Å²) < 4.78 is 0. The van der Waals surface area contributed by atoms with E-state index in [9.17, 15) is 0 Å². The molecule has 4 heteroatoms. The van der Waals surface area contributed by atoms with E-state index in [2.05, 4.69) is 10.6 Å². The fourth-order valence-electron chi connectivity index (χ4n) is 0.250. The third-order valence-corrected chi connectivity index (χ3v) is 0.625. The lowest BCUT2D eigenvalue weighted by atomic mass is 10.6. The molecule has 0 aromatic heterocycles. The summed E-state index contributed by atoms with van der Waals surface area (Å²) in [7, 11) is 3.88. The minimum absolute atomic E-state index is 0. The van der Waals surface area contributed by atoms with Crippen LogP contribution in [-0.4, -0.2) is 27.2 Å². The van der Waals surface area contributed by atoms with Crippen LogP contribution in [0.25, 0.3) is 0 Å². The number of hydrogen-bond acceptors (Lipinski definition) is 2. The molecule has 0 aliphatic carbocycles. The summed E-state index contributed by atoms with van der Waals surface area (Å²) in [5.74, 6) is 0. The minimum atomic E-state index is 0. The van der Waals surface area contributed by atoms with Crippen molar-refractivity contribution in [2.24, 2.45) is 0 Å². The van der Waals surface area contributed by atoms with Crippen molar-refractivity contribution in [3.8, 4) is 0 Å². The lowest BCUT2D eigenvalue weighted by Crippen LogP contribution is -2.21. The van der Waals surface area contributed by atoms with Crippen LogP contribution in [0.15, 0.2) is 0 Å². The van der Waals surface area contributed by atoms with E-state index in [0.717, 1.165) is 13.1 Å². The van der Waals surface area contributed by atoms with Crippen LogP contribution in [0.3, 0.4) is 0 Å². The van der Waals surface area contributed by atoms with Crippen LogP contribution in [0.5, 0.6) is 0 Å². The summed E-state index contributed by atoms with van der Waals surface area (Å²) in [5, 5.41) is 6.01. The standard InChI is InChI=1S/C4H12N2.2HI/c1-5-3-4-6-2;;/h5-6H,3-4H2,1-2H3;2*1H. The monoisotopic (exact) mass is 344 g/mol. The van der Waals surface area contributed by atoms with Crippen LogP contribution in [0.2, 0.25) is 0 Å². The smallest absolute Gasteiger partial charge is 0.00736 e. The van der Waals surface area contributed by atoms with Gasteiger partial charge < -0.3 is 10.6 Å². The highest BCUT2D eigenvalue weighted by Crippen LogP contribution is 1.45. The average Bonchev–Trinajstić information content (AvgIpc) is 1.61. The summed E-state index contributed by atoms with van der Waals surface area (Å²) in [4.78, 5) is 0. The molecule has 54 valence electrons. The third kappa shape index (κ3) is 15.7. The fraction of sp³-hybridized carbons (Fsp3) is 1.00. The van der Waals surface area contributed by atoms with E-state index >= 15 is 0 Å². The van der Waals surface area contributed by atoms with E-state index in [1.54, 1.807) is 0 Å². The number of rotatable bonds is 3. The zero-order valence-electron chi connectivity index (χ0n) is 5.23. The maximum Gasteiger partial charge on any atom is 0.00736 e. The predicted molar refractivity (Wildman–Crippen MR) is 58.7 cm³/mol. The van der Waals surface area contributed by atoms with Crippen LogP contribution in [0.1, 0.15) is 0 Å². The summed E-state index contributed by atoms with van der Waals surface area (Å²) in [6.45, 7) is 2.10. The van der Waals surface area contributed by atoms with Gasteiger partial charge in [0.05, 0.1) is 0 Å². The van der Waals surface area contributed by atoms with Crippen molar-refractivity contribution in [2.75, 3.05) is 27.2 Å². The Balaban J connectivity index is -0.000000125. The number of halogens is 2. The first kappa shape index (κ1) is 16.2. The highest BCUT2D eigenvalue weighted by atomic mass is 127. The molecule has 0 rings (SSSR count). The second-order valence-electron chi connectivity index (χ2n) is 1.21. The van der Waals surface area contributed by atoms with E-state index in [1.807, 2.05) is 14.1 Å². The molecule has 0 atom stereocenters. The molecular formula is C4H14I2N2. The van der Waals surface area contributed by atoms with Crippen molar-refractivity contribution in [2.45, 2.75) is 0 Å². The Kier molecular flexibility index (Phi) is 31.9. The summed E-state index contributed by atoms with van der Waals surface area (Å²) in [5.41, 5.74) is 0. The molecule has 0 bridgehead atoms. The maximum absolute atomic E-state index is 3.01. The molecule has 0 aromatic carbocycles. The Labute approximate surface area is 85.2 Å². The Bertz CT molecular complexity index is 24.0. The minimum Gasteiger partial charge on any atom is -0.318 e. The van der Waals surface area contributed by atoms with Gasteiger partial charge >= 0.3 is 0 Å². The molecule has 0 saturated heterocycles. The van der Waals surface area contributed by atoms with E-state index in [1.165, 1.54) is 0 Å². The topological polar surface area (TPSA) is 24.1 Å². The molecule has 0 aliphatic heterocycles. The molecule has 2 N–H and O–H groups in total. The number of hydrogen-bond donors (Lipinski definition) is 2. The molecule has 2 nitrogen and oxygen atoms in total. The van der Waals surface area contributed by atoms with E-state index in [0.29, 0.717) is 0 Å². The molecule has 0 aliphatic rings. The highest BCUT2D eigenvalue weighted by Gasteiger charge is 1.70.